The fourth-order valence-corrected chi connectivity index (χ4v) is 2.61. The molecule has 0 aliphatic heterocycles. The van der Waals surface area contributed by atoms with Crippen LogP contribution in [0, 0.1) is 12.8 Å². The van der Waals surface area contributed by atoms with Crippen molar-refractivity contribution in [3.05, 3.63) is 33.8 Å². The third-order valence-electron chi connectivity index (χ3n) is 3.67. The van der Waals surface area contributed by atoms with E-state index in [0.29, 0.717) is 18.0 Å². The van der Waals surface area contributed by atoms with Crippen LogP contribution in [-0.2, 0) is 0 Å². The Morgan fingerprint density at radius 1 is 1.56 bits per heavy atom. The Bertz CT molecular complexity index is 471. The molecule has 1 aromatic carbocycles. The molecule has 1 aliphatic rings. The molecule has 1 atom stereocenters. The summed E-state index contributed by atoms with van der Waals surface area (Å²) >= 11 is 3.42. The van der Waals surface area contributed by atoms with Gasteiger partial charge in [-0.1, -0.05) is 11.6 Å². The molecule has 0 heterocycles. The number of nitrogens with one attached hydrogen (secondary N) is 1. The summed E-state index contributed by atoms with van der Waals surface area (Å²) in [6.45, 7) is 4.49. The molecule has 0 saturated heterocycles. The highest BCUT2D eigenvalue weighted by Crippen LogP contribution is 2.39. The van der Waals surface area contributed by atoms with Crippen LogP contribution in [0.3, 0.4) is 0 Å². The van der Waals surface area contributed by atoms with Gasteiger partial charge < -0.3 is 11.1 Å². The number of carbonyl (C=O) groups is 1. The first-order valence-electron chi connectivity index (χ1n) is 6.25. The van der Waals surface area contributed by atoms with Crippen LogP contribution in [0.4, 0.5) is 0 Å². The summed E-state index contributed by atoms with van der Waals surface area (Å²) in [5.41, 5.74) is 7.29. The molecular weight excluding hydrogens is 292 g/mol. The largest absolute Gasteiger partial charge is 0.345 e. The van der Waals surface area contributed by atoms with E-state index in [4.69, 9.17) is 5.73 Å². The highest BCUT2D eigenvalue weighted by molar-refractivity contribution is 9.10. The lowest BCUT2D eigenvalue weighted by Crippen LogP contribution is -2.53. The van der Waals surface area contributed by atoms with Crippen molar-refractivity contribution in [1.82, 2.24) is 5.32 Å². The molecule has 1 aliphatic carbocycles. The molecule has 1 aromatic rings. The number of nitrogens with two attached hydrogens (primary N) is 1. The second kappa shape index (κ2) is 5.02. The zero-order valence-electron chi connectivity index (χ0n) is 10.8. The summed E-state index contributed by atoms with van der Waals surface area (Å²) in [5, 5.41) is 3.10. The van der Waals surface area contributed by atoms with Crippen LogP contribution in [0.15, 0.2) is 22.7 Å². The van der Waals surface area contributed by atoms with E-state index < -0.39 is 0 Å². The summed E-state index contributed by atoms with van der Waals surface area (Å²) in [4.78, 5) is 12.3. The smallest absolute Gasteiger partial charge is 0.252 e. The van der Waals surface area contributed by atoms with Gasteiger partial charge in [0.25, 0.3) is 5.91 Å². The third kappa shape index (κ3) is 2.75. The molecule has 2 rings (SSSR count). The molecule has 1 fully saturated rings. The maximum absolute atomic E-state index is 12.3. The zero-order chi connectivity index (χ0) is 13.3. The second-order valence-electron chi connectivity index (χ2n) is 5.33. The standard InChI is InChI=1S/C14H19BrN2O/c1-9-3-6-12(15)11(7-9)13(18)17-14(2,8-16)10-4-5-10/h3,6-7,10H,4-5,8,16H2,1-2H3,(H,17,18). The van der Waals surface area contributed by atoms with Gasteiger partial charge in [-0.3, -0.25) is 4.79 Å². The lowest BCUT2D eigenvalue weighted by Gasteiger charge is -2.29. The van der Waals surface area contributed by atoms with Crippen LogP contribution in [0.5, 0.6) is 0 Å². The van der Waals surface area contributed by atoms with Crippen molar-refractivity contribution in [2.24, 2.45) is 11.7 Å². The summed E-state index contributed by atoms with van der Waals surface area (Å²) in [6, 6.07) is 5.77. The lowest BCUT2D eigenvalue weighted by atomic mass is 9.95. The maximum atomic E-state index is 12.3. The van der Waals surface area contributed by atoms with Crippen LogP contribution in [0.25, 0.3) is 0 Å². The summed E-state index contributed by atoms with van der Waals surface area (Å²) < 4.78 is 0.820. The lowest BCUT2D eigenvalue weighted by molar-refractivity contribution is 0.0897. The Hall–Kier alpha value is -0.870. The number of rotatable bonds is 4. The predicted octanol–water partition coefficient (Wildman–Crippen LogP) is 2.61. The van der Waals surface area contributed by atoms with Gasteiger partial charge in [0.1, 0.15) is 0 Å². The van der Waals surface area contributed by atoms with Gasteiger partial charge in [-0.15, -0.1) is 0 Å². The van der Waals surface area contributed by atoms with Crippen LogP contribution in [0.1, 0.15) is 35.7 Å². The van der Waals surface area contributed by atoms with E-state index in [2.05, 4.69) is 21.2 Å². The molecule has 98 valence electrons. The van der Waals surface area contributed by atoms with Crippen molar-refractivity contribution >= 4 is 21.8 Å². The molecule has 4 heteroatoms. The van der Waals surface area contributed by atoms with Crippen LogP contribution in [-0.4, -0.2) is 18.0 Å². The van der Waals surface area contributed by atoms with E-state index >= 15 is 0 Å². The first-order valence-corrected chi connectivity index (χ1v) is 7.04. The fraction of sp³-hybridized carbons (Fsp3) is 0.500. The van der Waals surface area contributed by atoms with E-state index in [0.717, 1.165) is 22.9 Å². The molecule has 0 aromatic heterocycles. The number of halogens is 1. The molecule has 1 amide bonds. The monoisotopic (exact) mass is 310 g/mol. The highest BCUT2D eigenvalue weighted by Gasteiger charge is 2.41. The van der Waals surface area contributed by atoms with Gasteiger partial charge in [0.05, 0.1) is 11.1 Å². The van der Waals surface area contributed by atoms with Crippen molar-refractivity contribution in [2.45, 2.75) is 32.2 Å². The first kappa shape index (κ1) is 13.6. The topological polar surface area (TPSA) is 55.1 Å². The number of carbonyl (C=O) groups excluding carboxylic acids is 1. The quantitative estimate of drug-likeness (QED) is 0.898. The average Bonchev–Trinajstić information content (AvgIpc) is 3.16. The molecule has 0 spiro atoms. The van der Waals surface area contributed by atoms with E-state index in [1.165, 1.54) is 0 Å². The number of benzene rings is 1. The van der Waals surface area contributed by atoms with Crippen LogP contribution >= 0.6 is 15.9 Å². The van der Waals surface area contributed by atoms with Gasteiger partial charge >= 0.3 is 0 Å². The Balaban J connectivity index is 2.18. The molecular formula is C14H19BrN2O. The molecule has 3 N–H and O–H groups in total. The average molecular weight is 311 g/mol. The minimum atomic E-state index is -0.278. The predicted molar refractivity (Wildman–Crippen MR) is 76.5 cm³/mol. The minimum Gasteiger partial charge on any atom is -0.345 e. The number of aryl methyl sites for hydroxylation is 1. The van der Waals surface area contributed by atoms with Gasteiger partial charge in [-0.05, 0) is 60.7 Å². The van der Waals surface area contributed by atoms with Crippen LogP contribution < -0.4 is 11.1 Å². The summed E-state index contributed by atoms with van der Waals surface area (Å²) in [6.07, 6.45) is 2.31. The van der Waals surface area contributed by atoms with Crippen LogP contribution in [0.2, 0.25) is 0 Å². The first-order chi connectivity index (χ1) is 8.46. The van der Waals surface area contributed by atoms with Gasteiger partial charge in [-0.25, -0.2) is 0 Å². The van der Waals surface area contributed by atoms with E-state index in [9.17, 15) is 4.79 Å². The Morgan fingerprint density at radius 3 is 2.78 bits per heavy atom. The number of amides is 1. The normalized spacial score (nSPS) is 18.2. The number of hydrogen-bond acceptors (Lipinski definition) is 2. The van der Waals surface area contributed by atoms with E-state index in [-0.39, 0.29) is 11.4 Å². The van der Waals surface area contributed by atoms with Crippen molar-refractivity contribution in [2.75, 3.05) is 6.54 Å². The SMILES string of the molecule is Cc1ccc(Br)c(C(=O)NC(C)(CN)C2CC2)c1. The summed E-state index contributed by atoms with van der Waals surface area (Å²) in [5.74, 6) is 0.473. The molecule has 1 unspecified atom stereocenters. The van der Waals surface area contributed by atoms with Crippen molar-refractivity contribution < 1.29 is 4.79 Å². The van der Waals surface area contributed by atoms with Crippen molar-refractivity contribution in [3.63, 3.8) is 0 Å². The second-order valence-corrected chi connectivity index (χ2v) is 6.19. The van der Waals surface area contributed by atoms with E-state index in [1.807, 2.05) is 32.0 Å². The van der Waals surface area contributed by atoms with Gasteiger partial charge in [0, 0.05) is 11.0 Å². The Kier molecular flexibility index (Phi) is 3.78. The molecule has 0 bridgehead atoms. The fourth-order valence-electron chi connectivity index (χ4n) is 2.18. The minimum absolute atomic E-state index is 0.0505. The Morgan fingerprint density at radius 2 is 2.22 bits per heavy atom. The Labute approximate surface area is 116 Å². The zero-order valence-corrected chi connectivity index (χ0v) is 12.4. The van der Waals surface area contributed by atoms with Gasteiger partial charge in [0.15, 0.2) is 0 Å². The van der Waals surface area contributed by atoms with Crippen molar-refractivity contribution in [1.29, 1.82) is 0 Å². The molecule has 18 heavy (non-hydrogen) atoms. The maximum Gasteiger partial charge on any atom is 0.252 e. The van der Waals surface area contributed by atoms with Crippen molar-refractivity contribution in [3.8, 4) is 0 Å². The molecule has 3 nitrogen and oxygen atoms in total. The highest BCUT2D eigenvalue weighted by atomic mass is 79.9. The molecule has 0 radical (unpaired) electrons. The summed E-state index contributed by atoms with van der Waals surface area (Å²) in [7, 11) is 0. The third-order valence-corrected chi connectivity index (χ3v) is 4.36. The van der Waals surface area contributed by atoms with Gasteiger partial charge in [-0.2, -0.15) is 0 Å². The van der Waals surface area contributed by atoms with Gasteiger partial charge in [0.2, 0.25) is 0 Å². The number of hydrogen-bond donors (Lipinski definition) is 2. The molecule has 1 saturated carbocycles. The van der Waals surface area contributed by atoms with E-state index in [1.54, 1.807) is 0 Å².